The number of aliphatic hydroxyl groups excluding tert-OH is 1. The van der Waals surface area contributed by atoms with Crippen molar-refractivity contribution < 1.29 is 79.5 Å². The molecule has 2 aliphatic rings. The Morgan fingerprint density at radius 3 is 1.57 bits per heavy atom. The Morgan fingerprint density at radius 1 is 0.714 bits per heavy atom. The van der Waals surface area contributed by atoms with Gasteiger partial charge in [-0.25, -0.2) is 0 Å². The van der Waals surface area contributed by atoms with E-state index in [2.05, 4.69) is 37.2 Å². The molecule has 0 bridgehead atoms. The smallest absolute Gasteiger partial charge is 0 e. The van der Waals surface area contributed by atoms with Crippen LogP contribution in [0.1, 0.15) is 42.7 Å². The van der Waals surface area contributed by atoms with Crippen LogP contribution in [-0.2, 0) is 61.2 Å². The maximum atomic E-state index is 10.7. The second-order valence-electron chi connectivity index (χ2n) is 11.2. The van der Waals surface area contributed by atoms with Gasteiger partial charge < -0.3 is 47.7 Å². The van der Waals surface area contributed by atoms with E-state index in [0.717, 1.165) is 11.1 Å². The standard InChI is InChI=1S/C17H25ClO5.C15H20Cl2O5.I3.V/c1-10-7-8-11(9-12(10)18)13(19-3)14-17(2,22-6)15(20-4)16(21-5)23-14;1-15(21-4)12(22-14(20-3)13(15)19-2)11(18)8-5-6-9(16)10(17)7-8;1-3-2;/h7-9,13-16H,1-6H3;5-7,11-14,18H,1-4H3;;/q;;-1;/t13-,14-,15+,16?,17-;11-,12-,13+,14?,15-;;/m11../s1. The molecule has 281 valence electrons. The van der Waals surface area contributed by atoms with Gasteiger partial charge in [-0.2, -0.15) is 0 Å². The minimum Gasteiger partial charge on any atom is 0 e. The SMILES string of the molecule is COC1O[C@H]([C@H](O)c2ccc(Cl)c(Cl)c2)[C@@](C)(OC)[C@H]1OC.COC1O[C@H]([C@H](OC)c2ccc(C)c(Cl)c2)[C@@](C)(OC)[C@H]1OC.I[I-]I.[V]. The summed E-state index contributed by atoms with van der Waals surface area (Å²) in [5.41, 5.74) is 0.892. The summed E-state index contributed by atoms with van der Waals surface area (Å²) in [4.78, 5) is 0. The average Bonchev–Trinajstić information content (AvgIpc) is 3.54. The van der Waals surface area contributed by atoms with E-state index in [1.54, 1.807) is 60.9 Å². The Labute approximate surface area is 347 Å². The molecule has 1 N–H and O–H groups in total. The molecule has 2 aliphatic heterocycles. The van der Waals surface area contributed by atoms with E-state index in [0.29, 0.717) is 33.9 Å². The summed E-state index contributed by atoms with van der Waals surface area (Å²) < 4.78 is 50.7. The molecule has 2 fully saturated rings. The zero-order valence-corrected chi connectivity index (χ0v) is 39.1. The third-order valence-electron chi connectivity index (χ3n) is 8.79. The van der Waals surface area contributed by atoms with Gasteiger partial charge in [-0.05, 0) is 55.7 Å². The van der Waals surface area contributed by atoms with Gasteiger partial charge in [0.05, 0.1) is 10.0 Å². The van der Waals surface area contributed by atoms with Crippen LogP contribution >= 0.6 is 72.0 Å². The van der Waals surface area contributed by atoms with Crippen LogP contribution in [0.25, 0.3) is 0 Å². The van der Waals surface area contributed by atoms with Crippen LogP contribution in [0.4, 0.5) is 0 Å². The van der Waals surface area contributed by atoms with Crippen LogP contribution < -0.4 is 13.3 Å². The van der Waals surface area contributed by atoms with Crippen molar-refractivity contribution in [3.63, 3.8) is 0 Å². The fraction of sp³-hybridized carbons (Fsp3) is 0.625. The van der Waals surface area contributed by atoms with E-state index in [1.807, 2.05) is 39.0 Å². The van der Waals surface area contributed by atoms with Crippen LogP contribution in [0.5, 0.6) is 0 Å². The van der Waals surface area contributed by atoms with E-state index in [1.165, 1.54) is 7.11 Å². The van der Waals surface area contributed by atoms with Gasteiger partial charge in [-0.1, -0.05) is 53.0 Å². The second kappa shape index (κ2) is 22.9. The van der Waals surface area contributed by atoms with Crippen molar-refractivity contribution in [2.24, 2.45) is 0 Å². The van der Waals surface area contributed by atoms with Crippen LogP contribution in [0.15, 0.2) is 36.4 Å². The number of aryl methyl sites for hydroxylation is 1. The molecule has 2 heterocycles. The Hall–Kier alpha value is 1.68. The third kappa shape index (κ3) is 11.4. The molecule has 0 saturated carbocycles. The number of benzene rings is 2. The van der Waals surface area contributed by atoms with Crippen molar-refractivity contribution in [3.8, 4) is 0 Å². The van der Waals surface area contributed by atoms with Crippen LogP contribution in [0.3, 0.4) is 0 Å². The van der Waals surface area contributed by atoms with Gasteiger partial charge in [0, 0.05) is 73.3 Å². The summed E-state index contributed by atoms with van der Waals surface area (Å²) in [6.07, 6.45) is -4.47. The fourth-order valence-electron chi connectivity index (χ4n) is 5.93. The van der Waals surface area contributed by atoms with Gasteiger partial charge in [0.1, 0.15) is 47.8 Å². The van der Waals surface area contributed by atoms with Gasteiger partial charge in [0.2, 0.25) is 0 Å². The van der Waals surface area contributed by atoms with E-state index in [4.69, 9.17) is 77.4 Å². The number of halogens is 6. The predicted molar refractivity (Wildman–Crippen MR) is 199 cm³/mol. The minimum absolute atomic E-state index is 0. The summed E-state index contributed by atoms with van der Waals surface area (Å²) >= 11 is 23.5. The molecule has 2 saturated heterocycles. The fourth-order valence-corrected chi connectivity index (χ4v) is 6.43. The number of ether oxygens (including phenoxy) is 9. The van der Waals surface area contributed by atoms with Crippen LogP contribution in [-0.4, -0.2) is 103 Å². The first kappa shape index (κ1) is 48.7. The van der Waals surface area contributed by atoms with Gasteiger partial charge in [-0.3, -0.25) is 0 Å². The van der Waals surface area contributed by atoms with Crippen molar-refractivity contribution >= 4 is 72.0 Å². The molecule has 17 heteroatoms. The molecule has 10 atom stereocenters. The van der Waals surface area contributed by atoms with Crippen molar-refractivity contribution in [1.29, 1.82) is 0 Å². The molecule has 0 spiro atoms. The maximum absolute atomic E-state index is 10.7. The molecule has 0 aliphatic carbocycles. The van der Waals surface area contributed by atoms with Gasteiger partial charge >= 0.3 is 50.5 Å². The van der Waals surface area contributed by atoms with E-state index in [-0.39, 0.29) is 30.8 Å². The van der Waals surface area contributed by atoms with Crippen molar-refractivity contribution in [2.45, 2.75) is 81.2 Å². The average molecular weight is 1130 g/mol. The zero-order valence-electron chi connectivity index (χ0n) is 28.9. The predicted octanol–water partition coefficient (Wildman–Crippen LogP) is 4.72. The molecule has 2 unspecified atom stereocenters. The minimum atomic E-state index is -0.975. The molecule has 4 rings (SSSR count). The Balaban J connectivity index is 0.000000446. The summed E-state index contributed by atoms with van der Waals surface area (Å²) in [7, 11) is 11.1. The monoisotopic (exact) mass is 1130 g/mol. The molecular weight excluding hydrogens is 1080 g/mol. The van der Waals surface area contributed by atoms with Crippen molar-refractivity contribution in [2.75, 3.05) is 49.8 Å². The summed E-state index contributed by atoms with van der Waals surface area (Å²) in [5.74, 6) is 0. The third-order valence-corrected chi connectivity index (χ3v) is 9.94. The second-order valence-corrected chi connectivity index (χ2v) is 28.7. The molecule has 0 aromatic heterocycles. The topological polar surface area (TPSA) is 103 Å². The van der Waals surface area contributed by atoms with Gasteiger partial charge in [-0.15, -0.1) is 0 Å². The Morgan fingerprint density at radius 2 is 1.16 bits per heavy atom. The van der Waals surface area contributed by atoms with Crippen LogP contribution in [0.2, 0.25) is 15.1 Å². The molecule has 49 heavy (non-hydrogen) atoms. The molecule has 0 amide bonds. The van der Waals surface area contributed by atoms with E-state index >= 15 is 0 Å². The number of rotatable bonds is 11. The molecule has 2 aromatic rings. The number of hydrogen-bond donors (Lipinski definition) is 1. The largest absolute Gasteiger partial charge is 0 e. The summed E-state index contributed by atoms with van der Waals surface area (Å²) in [6.45, 7) is 5.71. The zero-order chi connectivity index (χ0) is 36.4. The maximum Gasteiger partial charge on any atom is 0 e. The number of methoxy groups -OCH3 is 7. The summed E-state index contributed by atoms with van der Waals surface area (Å²) in [5, 5.41) is 12.2. The van der Waals surface area contributed by atoms with Crippen molar-refractivity contribution in [3.05, 3.63) is 68.2 Å². The van der Waals surface area contributed by atoms with E-state index in [9.17, 15) is 5.11 Å². The normalized spacial score (nSPS) is 30.4. The number of hydrogen-bond acceptors (Lipinski definition) is 10. The molecule has 2 aromatic carbocycles. The summed E-state index contributed by atoms with van der Waals surface area (Å²) in [6, 6.07) is 10.8. The first-order valence-corrected chi connectivity index (χ1v) is 28.2. The quantitative estimate of drug-likeness (QED) is 0.319. The molecule has 10 nitrogen and oxygen atoms in total. The first-order valence-electron chi connectivity index (χ1n) is 14.5. The van der Waals surface area contributed by atoms with E-state index < -0.39 is 48.2 Å². The van der Waals surface area contributed by atoms with Crippen LogP contribution in [0, 0.1) is 6.92 Å². The first-order chi connectivity index (χ1) is 22.7. The molecule has 1 radical (unpaired) electrons. The Bertz CT molecular complexity index is 1290. The van der Waals surface area contributed by atoms with Gasteiger partial charge in [0.25, 0.3) is 0 Å². The Kier molecular flexibility index (Phi) is 22.8. The number of aliphatic hydroxyl groups is 1. The molecular formula is C32H45Cl3I3O10V-. The van der Waals surface area contributed by atoms with Crippen molar-refractivity contribution in [1.82, 2.24) is 0 Å². The van der Waals surface area contributed by atoms with Gasteiger partial charge in [0.15, 0.2) is 12.6 Å².